The number of carbonyl (C=O) groups is 1. The van der Waals surface area contributed by atoms with E-state index in [1.54, 1.807) is 11.3 Å². The minimum Gasteiger partial charge on any atom is -0.444 e. The lowest BCUT2D eigenvalue weighted by atomic mass is 9.97. The Balaban J connectivity index is 2.03. The molecule has 0 unspecified atom stereocenters. The van der Waals surface area contributed by atoms with Crippen LogP contribution in [-0.2, 0) is 23.5 Å². The van der Waals surface area contributed by atoms with Gasteiger partial charge in [0.1, 0.15) is 22.1 Å². The molecule has 7 heteroatoms. The highest BCUT2D eigenvalue weighted by Gasteiger charge is 2.23. The predicted molar refractivity (Wildman–Crippen MR) is 93.5 cm³/mol. The number of thiophene rings is 1. The lowest BCUT2D eigenvalue weighted by Crippen LogP contribution is -2.27. The number of carbonyl (C=O) groups excluding carboxylic acids is 1. The number of amides is 1. The third-order valence-electron chi connectivity index (χ3n) is 3.60. The summed E-state index contributed by atoms with van der Waals surface area (Å²) in [5.74, 6) is 1.24. The van der Waals surface area contributed by atoms with Gasteiger partial charge in [0.15, 0.2) is 0 Å². The molecule has 0 bridgehead atoms. The normalized spacial score (nSPS) is 14.6. The number of halogens is 1. The van der Waals surface area contributed by atoms with Gasteiger partial charge in [-0.2, -0.15) is 0 Å². The summed E-state index contributed by atoms with van der Waals surface area (Å²) in [7, 11) is 0. The van der Waals surface area contributed by atoms with Crippen LogP contribution in [0.25, 0.3) is 10.2 Å². The van der Waals surface area contributed by atoms with E-state index < -0.39 is 11.7 Å². The molecule has 0 aromatic carbocycles. The fourth-order valence-electron chi connectivity index (χ4n) is 2.75. The van der Waals surface area contributed by atoms with E-state index >= 15 is 0 Å². The van der Waals surface area contributed by atoms with E-state index in [4.69, 9.17) is 16.3 Å². The van der Waals surface area contributed by atoms with Gasteiger partial charge < -0.3 is 4.74 Å². The lowest BCUT2D eigenvalue weighted by molar-refractivity contribution is 0.0635. The van der Waals surface area contributed by atoms with Crippen molar-refractivity contribution in [3.63, 3.8) is 0 Å². The van der Waals surface area contributed by atoms with E-state index in [-0.39, 0.29) is 5.88 Å². The third kappa shape index (κ3) is 3.58. The first kappa shape index (κ1) is 16.5. The standard InChI is InChI=1S/C16H20ClN3O2S/c1-16(2,3)22-15(21)20-13-12-9-6-4-5-7-10(9)23-14(12)19-11(8-17)18-13/h4-8H2,1-3H3,(H,18,19,20,21). The maximum Gasteiger partial charge on any atom is 0.413 e. The van der Waals surface area contributed by atoms with Crippen LogP contribution >= 0.6 is 22.9 Å². The SMILES string of the molecule is CC(C)(C)OC(=O)Nc1nc(CCl)nc2sc3c(c12)CCCC3. The van der Waals surface area contributed by atoms with Gasteiger partial charge in [-0.05, 0) is 52.0 Å². The number of nitrogens with one attached hydrogen (secondary N) is 1. The van der Waals surface area contributed by atoms with E-state index in [2.05, 4.69) is 15.3 Å². The smallest absolute Gasteiger partial charge is 0.413 e. The summed E-state index contributed by atoms with van der Waals surface area (Å²) >= 11 is 7.59. The number of aromatic nitrogens is 2. The number of fused-ring (bicyclic) bond motifs is 3. The predicted octanol–water partition coefficient (Wildman–Crippen LogP) is 4.66. The number of aryl methyl sites for hydroxylation is 2. The second-order valence-electron chi connectivity index (χ2n) is 6.64. The summed E-state index contributed by atoms with van der Waals surface area (Å²) in [5.41, 5.74) is 0.711. The number of hydrogen-bond acceptors (Lipinski definition) is 5. The van der Waals surface area contributed by atoms with Gasteiger partial charge in [-0.1, -0.05) is 0 Å². The van der Waals surface area contributed by atoms with Gasteiger partial charge in [-0.15, -0.1) is 22.9 Å². The highest BCUT2D eigenvalue weighted by atomic mass is 35.5. The second-order valence-corrected chi connectivity index (χ2v) is 7.99. The van der Waals surface area contributed by atoms with Crippen LogP contribution in [0.3, 0.4) is 0 Å². The molecule has 2 aromatic heterocycles. The van der Waals surface area contributed by atoms with Crippen LogP contribution < -0.4 is 5.32 Å². The largest absolute Gasteiger partial charge is 0.444 e. The Hall–Kier alpha value is -1.40. The van der Waals surface area contributed by atoms with Gasteiger partial charge in [0.05, 0.1) is 11.3 Å². The Labute approximate surface area is 144 Å². The summed E-state index contributed by atoms with van der Waals surface area (Å²) < 4.78 is 5.34. The molecule has 124 valence electrons. The number of nitrogens with zero attached hydrogens (tertiary/aromatic N) is 2. The summed E-state index contributed by atoms with van der Waals surface area (Å²) in [5, 5.41) is 3.74. The summed E-state index contributed by atoms with van der Waals surface area (Å²) in [4.78, 5) is 23.3. The van der Waals surface area contributed by atoms with Crippen molar-refractivity contribution in [3.05, 3.63) is 16.3 Å². The van der Waals surface area contributed by atoms with E-state index in [0.29, 0.717) is 11.6 Å². The van der Waals surface area contributed by atoms with Crippen molar-refractivity contribution in [3.8, 4) is 0 Å². The van der Waals surface area contributed by atoms with E-state index in [9.17, 15) is 4.79 Å². The van der Waals surface area contributed by atoms with Crippen LogP contribution in [0.4, 0.5) is 10.6 Å². The van der Waals surface area contributed by atoms with Crippen molar-refractivity contribution in [1.29, 1.82) is 0 Å². The van der Waals surface area contributed by atoms with Crippen LogP contribution in [0.5, 0.6) is 0 Å². The quantitative estimate of drug-likeness (QED) is 0.798. The van der Waals surface area contributed by atoms with Crippen molar-refractivity contribution in [1.82, 2.24) is 9.97 Å². The third-order valence-corrected chi connectivity index (χ3v) is 5.02. The first-order valence-corrected chi connectivity index (χ1v) is 9.09. The van der Waals surface area contributed by atoms with Crippen molar-refractivity contribution >= 4 is 45.1 Å². The molecule has 1 aliphatic carbocycles. The molecule has 0 atom stereocenters. The van der Waals surface area contributed by atoms with Crippen molar-refractivity contribution < 1.29 is 9.53 Å². The molecule has 3 rings (SSSR count). The molecule has 0 saturated carbocycles. The van der Waals surface area contributed by atoms with Gasteiger partial charge in [0.25, 0.3) is 0 Å². The van der Waals surface area contributed by atoms with Crippen molar-refractivity contribution in [2.75, 3.05) is 5.32 Å². The topological polar surface area (TPSA) is 64.1 Å². The minimum atomic E-state index is -0.556. The van der Waals surface area contributed by atoms with E-state index in [0.717, 1.165) is 29.5 Å². The fraction of sp³-hybridized carbons (Fsp3) is 0.562. The zero-order valence-electron chi connectivity index (χ0n) is 13.5. The molecular weight excluding hydrogens is 334 g/mol. The molecule has 0 radical (unpaired) electrons. The Morgan fingerprint density at radius 3 is 2.74 bits per heavy atom. The molecule has 0 spiro atoms. The number of rotatable bonds is 2. The summed E-state index contributed by atoms with van der Waals surface area (Å²) in [6, 6.07) is 0. The van der Waals surface area contributed by atoms with Gasteiger partial charge in [-0.3, -0.25) is 5.32 Å². The van der Waals surface area contributed by atoms with Gasteiger partial charge in [0.2, 0.25) is 0 Å². The monoisotopic (exact) mass is 353 g/mol. The molecule has 2 heterocycles. The average Bonchev–Trinajstić information content (AvgIpc) is 2.83. The van der Waals surface area contributed by atoms with Gasteiger partial charge in [-0.25, -0.2) is 14.8 Å². The van der Waals surface area contributed by atoms with Crippen molar-refractivity contribution in [2.24, 2.45) is 0 Å². The second kappa shape index (κ2) is 6.24. The lowest BCUT2D eigenvalue weighted by Gasteiger charge is -2.20. The molecular formula is C16H20ClN3O2S. The molecule has 1 aliphatic rings. The van der Waals surface area contributed by atoms with Gasteiger partial charge >= 0.3 is 6.09 Å². The zero-order chi connectivity index (χ0) is 16.6. The molecule has 2 aromatic rings. The highest BCUT2D eigenvalue weighted by Crippen LogP contribution is 2.38. The molecule has 1 N–H and O–H groups in total. The van der Waals surface area contributed by atoms with Crippen LogP contribution in [0, 0.1) is 0 Å². The Morgan fingerprint density at radius 1 is 1.30 bits per heavy atom. The number of alkyl halides is 1. The van der Waals surface area contributed by atoms with E-state index in [1.807, 2.05) is 20.8 Å². The van der Waals surface area contributed by atoms with Crippen LogP contribution in [0.15, 0.2) is 0 Å². The minimum absolute atomic E-state index is 0.210. The van der Waals surface area contributed by atoms with Crippen LogP contribution in [-0.4, -0.2) is 21.7 Å². The molecule has 0 fully saturated rings. The molecule has 1 amide bonds. The molecule has 0 saturated heterocycles. The number of hydrogen-bond donors (Lipinski definition) is 1. The van der Waals surface area contributed by atoms with E-state index in [1.165, 1.54) is 16.9 Å². The van der Waals surface area contributed by atoms with Crippen molar-refractivity contribution in [2.45, 2.75) is 57.9 Å². The van der Waals surface area contributed by atoms with Crippen LogP contribution in [0.2, 0.25) is 0 Å². The highest BCUT2D eigenvalue weighted by molar-refractivity contribution is 7.19. The molecule has 0 aliphatic heterocycles. The first-order valence-electron chi connectivity index (χ1n) is 7.74. The number of ether oxygens (including phenoxy) is 1. The zero-order valence-corrected chi connectivity index (χ0v) is 15.1. The molecule has 5 nitrogen and oxygen atoms in total. The Kier molecular flexibility index (Phi) is 4.47. The first-order chi connectivity index (χ1) is 10.9. The molecule has 23 heavy (non-hydrogen) atoms. The Bertz CT molecular complexity index is 752. The maximum atomic E-state index is 12.1. The fourth-order valence-corrected chi connectivity index (χ4v) is 4.15. The Morgan fingerprint density at radius 2 is 2.04 bits per heavy atom. The number of anilines is 1. The summed E-state index contributed by atoms with van der Waals surface area (Å²) in [6.45, 7) is 5.50. The van der Waals surface area contributed by atoms with Crippen LogP contribution in [0.1, 0.15) is 49.9 Å². The van der Waals surface area contributed by atoms with Gasteiger partial charge in [0, 0.05) is 4.88 Å². The summed E-state index contributed by atoms with van der Waals surface area (Å²) in [6.07, 6.45) is 3.92. The average molecular weight is 354 g/mol. The maximum absolute atomic E-state index is 12.1.